The van der Waals surface area contributed by atoms with Crippen LogP contribution in [-0.2, 0) is 20.7 Å². The molecule has 0 aliphatic carbocycles. The number of carboxylic acid groups (broad SMARTS) is 1. The molecule has 4 heteroatoms. The molecule has 0 heterocycles. The van der Waals surface area contributed by atoms with E-state index in [0.29, 0.717) is 6.42 Å². The van der Waals surface area contributed by atoms with E-state index in [4.69, 9.17) is 9.84 Å². The highest BCUT2D eigenvalue weighted by atomic mass is 16.5. The minimum absolute atomic E-state index is 0.226. The molecule has 1 N–H and O–H groups in total. The van der Waals surface area contributed by atoms with Crippen molar-refractivity contribution in [3.05, 3.63) is 48.0 Å². The van der Waals surface area contributed by atoms with Gasteiger partial charge in [0.15, 0.2) is 0 Å². The van der Waals surface area contributed by atoms with Crippen LogP contribution in [0.15, 0.2) is 42.5 Å². The maximum absolute atomic E-state index is 11.7. The third-order valence-corrected chi connectivity index (χ3v) is 3.30. The second-order valence-corrected chi connectivity index (χ2v) is 4.66. The number of carbonyl (C=O) groups is 2. The fourth-order valence-corrected chi connectivity index (χ4v) is 2.35. The smallest absolute Gasteiger partial charge is 0.309 e. The van der Waals surface area contributed by atoms with Gasteiger partial charge in [0.05, 0.1) is 19.4 Å². The molecule has 0 aliphatic rings. The van der Waals surface area contributed by atoms with Gasteiger partial charge in [0.1, 0.15) is 0 Å². The quantitative estimate of drug-likeness (QED) is 0.850. The van der Waals surface area contributed by atoms with E-state index in [2.05, 4.69) is 0 Å². The summed E-state index contributed by atoms with van der Waals surface area (Å²) in [6, 6.07) is 13.6. The number of esters is 1. The van der Waals surface area contributed by atoms with E-state index in [1.807, 2.05) is 42.5 Å². The second kappa shape index (κ2) is 6.19. The molecule has 0 radical (unpaired) electrons. The molecule has 0 aliphatic heterocycles. The topological polar surface area (TPSA) is 63.6 Å². The number of aliphatic carboxylic acids is 1. The lowest BCUT2D eigenvalue weighted by molar-refractivity contribution is -0.150. The predicted molar refractivity (Wildman–Crippen MR) is 75.4 cm³/mol. The number of carboxylic acids is 1. The van der Waals surface area contributed by atoms with Crippen molar-refractivity contribution in [1.29, 1.82) is 0 Å². The average molecular weight is 272 g/mol. The Kier molecular flexibility index (Phi) is 4.35. The van der Waals surface area contributed by atoms with Gasteiger partial charge in [-0.15, -0.1) is 0 Å². The van der Waals surface area contributed by atoms with Gasteiger partial charge in [0.25, 0.3) is 0 Å². The van der Waals surface area contributed by atoms with E-state index in [1.165, 1.54) is 7.11 Å². The minimum atomic E-state index is -0.999. The average Bonchev–Trinajstić information content (AvgIpc) is 2.45. The first kappa shape index (κ1) is 14.1. The molecule has 0 bridgehead atoms. The van der Waals surface area contributed by atoms with Crippen LogP contribution in [0.4, 0.5) is 0 Å². The Labute approximate surface area is 117 Å². The molecular weight excluding hydrogens is 256 g/mol. The van der Waals surface area contributed by atoms with Crippen molar-refractivity contribution < 1.29 is 19.4 Å². The van der Waals surface area contributed by atoms with Crippen LogP contribution in [0.25, 0.3) is 10.8 Å². The van der Waals surface area contributed by atoms with E-state index < -0.39 is 17.9 Å². The summed E-state index contributed by atoms with van der Waals surface area (Å²) in [5.74, 6) is -2.15. The van der Waals surface area contributed by atoms with Gasteiger partial charge in [-0.1, -0.05) is 42.5 Å². The molecule has 20 heavy (non-hydrogen) atoms. The van der Waals surface area contributed by atoms with E-state index in [9.17, 15) is 9.59 Å². The molecule has 0 saturated heterocycles. The third-order valence-electron chi connectivity index (χ3n) is 3.30. The first-order valence-corrected chi connectivity index (χ1v) is 6.38. The molecule has 0 amide bonds. The van der Waals surface area contributed by atoms with E-state index in [-0.39, 0.29) is 6.42 Å². The first-order valence-electron chi connectivity index (χ1n) is 6.38. The number of carbonyl (C=O) groups excluding carboxylic acids is 1. The first-order chi connectivity index (χ1) is 9.61. The summed E-state index contributed by atoms with van der Waals surface area (Å²) in [5.41, 5.74) is 0.958. The summed E-state index contributed by atoms with van der Waals surface area (Å²) < 4.78 is 4.70. The maximum Gasteiger partial charge on any atom is 0.309 e. The monoisotopic (exact) mass is 272 g/mol. The largest absolute Gasteiger partial charge is 0.481 e. The Bertz CT molecular complexity index is 628. The number of hydrogen-bond acceptors (Lipinski definition) is 3. The van der Waals surface area contributed by atoms with Crippen molar-refractivity contribution in [2.24, 2.45) is 5.92 Å². The van der Waals surface area contributed by atoms with Gasteiger partial charge >= 0.3 is 11.9 Å². The van der Waals surface area contributed by atoms with E-state index >= 15 is 0 Å². The highest BCUT2D eigenvalue weighted by Gasteiger charge is 2.23. The van der Waals surface area contributed by atoms with Crippen LogP contribution in [0.1, 0.15) is 12.0 Å². The van der Waals surface area contributed by atoms with Crippen LogP contribution >= 0.6 is 0 Å². The number of rotatable bonds is 5. The number of fused-ring (bicyclic) bond motifs is 1. The van der Waals surface area contributed by atoms with Crippen LogP contribution in [-0.4, -0.2) is 24.2 Å². The summed E-state index contributed by atoms with van der Waals surface area (Å²) >= 11 is 0. The van der Waals surface area contributed by atoms with Crippen molar-refractivity contribution in [2.75, 3.05) is 7.11 Å². The van der Waals surface area contributed by atoms with Gasteiger partial charge in [0.2, 0.25) is 0 Å². The molecular formula is C16H16O4. The molecule has 0 fully saturated rings. The molecule has 0 aromatic heterocycles. The lowest BCUT2D eigenvalue weighted by atomic mass is 9.93. The normalized spacial score (nSPS) is 12.1. The lowest BCUT2D eigenvalue weighted by Crippen LogP contribution is -2.22. The Balaban J connectivity index is 2.33. The molecule has 2 rings (SSSR count). The fourth-order valence-electron chi connectivity index (χ4n) is 2.35. The van der Waals surface area contributed by atoms with Crippen LogP contribution in [0.2, 0.25) is 0 Å². The van der Waals surface area contributed by atoms with Gasteiger partial charge in [-0.3, -0.25) is 9.59 Å². The summed E-state index contributed by atoms with van der Waals surface area (Å²) in [7, 11) is 1.28. The molecule has 1 atom stereocenters. The predicted octanol–water partition coefficient (Wildman–Crippen LogP) is 2.65. The third kappa shape index (κ3) is 3.15. The van der Waals surface area contributed by atoms with Gasteiger partial charge in [-0.2, -0.15) is 0 Å². The van der Waals surface area contributed by atoms with Crippen molar-refractivity contribution >= 4 is 22.7 Å². The van der Waals surface area contributed by atoms with Gasteiger partial charge in [-0.25, -0.2) is 0 Å². The van der Waals surface area contributed by atoms with Crippen LogP contribution in [0, 0.1) is 5.92 Å². The molecule has 104 valence electrons. The summed E-state index contributed by atoms with van der Waals surface area (Å²) in [6.45, 7) is 0. The number of hydrogen-bond donors (Lipinski definition) is 1. The van der Waals surface area contributed by atoms with Crippen molar-refractivity contribution in [3.8, 4) is 0 Å². The standard InChI is InChI=1S/C16H16O4/c1-20-16(19)13(10-15(17)18)9-12-7-4-6-11-5-2-3-8-14(11)12/h2-8,13H,9-10H2,1H3,(H,17,18). The lowest BCUT2D eigenvalue weighted by Gasteiger charge is -2.14. The number of benzene rings is 2. The zero-order chi connectivity index (χ0) is 14.5. The number of methoxy groups -OCH3 is 1. The van der Waals surface area contributed by atoms with Gasteiger partial charge in [0, 0.05) is 0 Å². The van der Waals surface area contributed by atoms with E-state index in [0.717, 1.165) is 16.3 Å². The maximum atomic E-state index is 11.7. The van der Waals surface area contributed by atoms with Crippen molar-refractivity contribution in [1.82, 2.24) is 0 Å². The highest BCUT2D eigenvalue weighted by molar-refractivity contribution is 5.86. The Morgan fingerprint density at radius 1 is 1.15 bits per heavy atom. The Hall–Kier alpha value is -2.36. The molecule has 2 aromatic rings. The summed E-state index contributed by atoms with van der Waals surface area (Å²) in [5, 5.41) is 11.0. The van der Waals surface area contributed by atoms with E-state index in [1.54, 1.807) is 0 Å². The highest BCUT2D eigenvalue weighted by Crippen LogP contribution is 2.23. The second-order valence-electron chi connectivity index (χ2n) is 4.66. The summed E-state index contributed by atoms with van der Waals surface area (Å²) in [6.07, 6.45) is 0.135. The SMILES string of the molecule is COC(=O)C(CC(=O)O)Cc1cccc2ccccc12. The molecule has 4 nitrogen and oxygen atoms in total. The minimum Gasteiger partial charge on any atom is -0.481 e. The molecule has 0 spiro atoms. The number of ether oxygens (including phenoxy) is 1. The molecule has 0 saturated carbocycles. The van der Waals surface area contributed by atoms with Crippen molar-refractivity contribution in [3.63, 3.8) is 0 Å². The Morgan fingerprint density at radius 3 is 2.55 bits per heavy atom. The summed E-state index contributed by atoms with van der Waals surface area (Å²) in [4.78, 5) is 22.6. The van der Waals surface area contributed by atoms with Crippen LogP contribution < -0.4 is 0 Å². The Morgan fingerprint density at radius 2 is 1.85 bits per heavy atom. The molecule has 1 unspecified atom stereocenters. The molecule has 2 aromatic carbocycles. The fraction of sp³-hybridized carbons (Fsp3) is 0.250. The van der Waals surface area contributed by atoms with Gasteiger partial charge in [-0.05, 0) is 22.8 Å². The van der Waals surface area contributed by atoms with Crippen LogP contribution in [0.3, 0.4) is 0 Å². The van der Waals surface area contributed by atoms with Crippen molar-refractivity contribution in [2.45, 2.75) is 12.8 Å². The van der Waals surface area contributed by atoms with Gasteiger partial charge < -0.3 is 9.84 Å². The van der Waals surface area contributed by atoms with Crippen LogP contribution in [0.5, 0.6) is 0 Å². The zero-order valence-electron chi connectivity index (χ0n) is 11.2. The zero-order valence-corrected chi connectivity index (χ0v) is 11.2.